The summed E-state index contributed by atoms with van der Waals surface area (Å²) in [7, 11) is 1.55. The van der Waals surface area contributed by atoms with Crippen LogP contribution in [0.25, 0.3) is 0 Å². The Balaban J connectivity index is 4.27. The van der Waals surface area contributed by atoms with Crippen LogP contribution in [0.3, 0.4) is 0 Å². The van der Waals surface area contributed by atoms with Crippen LogP contribution in [0.15, 0.2) is 0 Å². The van der Waals surface area contributed by atoms with Crippen LogP contribution in [-0.4, -0.2) is 43.7 Å². The minimum Gasteiger partial charge on any atom is -0.370 e. The van der Waals surface area contributed by atoms with Gasteiger partial charge in [0.2, 0.25) is 0 Å². The zero-order chi connectivity index (χ0) is 13.8. The molecule has 0 aliphatic rings. The van der Waals surface area contributed by atoms with Crippen molar-refractivity contribution in [2.45, 2.75) is 58.5 Å². The van der Waals surface area contributed by atoms with E-state index in [2.05, 4.69) is 13.8 Å². The van der Waals surface area contributed by atoms with Crippen LogP contribution in [0.5, 0.6) is 0 Å². The van der Waals surface area contributed by atoms with Crippen LogP contribution < -0.4 is 5.73 Å². The molecule has 0 heterocycles. The first-order valence-electron chi connectivity index (χ1n) is 7.22. The first-order valence-corrected chi connectivity index (χ1v) is 7.22. The van der Waals surface area contributed by atoms with Gasteiger partial charge in [-0.15, -0.1) is 0 Å². The van der Waals surface area contributed by atoms with Crippen molar-refractivity contribution in [2.24, 2.45) is 5.73 Å². The molecule has 0 aromatic rings. The zero-order valence-corrected chi connectivity index (χ0v) is 12.3. The summed E-state index contributed by atoms with van der Waals surface area (Å²) in [5.41, 5.74) is 5.56. The predicted octanol–water partition coefficient (Wildman–Crippen LogP) is 2.17. The molecule has 0 rings (SSSR count). The van der Waals surface area contributed by atoms with E-state index in [1.807, 2.05) is 4.90 Å². The Morgan fingerprint density at radius 1 is 1.11 bits per heavy atom. The third kappa shape index (κ3) is 6.97. The fourth-order valence-electron chi connectivity index (χ4n) is 1.94. The Labute approximate surface area is 112 Å². The molecular formula is C14H30N2O2. The van der Waals surface area contributed by atoms with Gasteiger partial charge in [0.25, 0.3) is 5.91 Å². The lowest BCUT2D eigenvalue weighted by atomic mass is 10.2. The first kappa shape index (κ1) is 17.4. The van der Waals surface area contributed by atoms with E-state index in [0.717, 1.165) is 38.8 Å². The largest absolute Gasteiger partial charge is 0.370 e. The van der Waals surface area contributed by atoms with E-state index in [4.69, 9.17) is 10.5 Å². The summed E-state index contributed by atoms with van der Waals surface area (Å²) in [6, 6.07) is 0. The molecule has 0 aromatic heterocycles. The van der Waals surface area contributed by atoms with E-state index < -0.39 is 6.10 Å². The summed E-state index contributed by atoms with van der Waals surface area (Å²) < 4.78 is 5.14. The molecule has 108 valence electrons. The number of nitrogens with zero attached hydrogens (tertiary/aromatic N) is 1. The zero-order valence-electron chi connectivity index (χ0n) is 12.3. The molecule has 0 aliphatic heterocycles. The number of unbranched alkanes of at least 4 members (excludes halogenated alkanes) is 4. The van der Waals surface area contributed by atoms with Gasteiger partial charge in [0.1, 0.15) is 6.10 Å². The fraction of sp³-hybridized carbons (Fsp3) is 0.929. The topological polar surface area (TPSA) is 55.6 Å². The number of hydrogen-bond acceptors (Lipinski definition) is 3. The summed E-state index contributed by atoms with van der Waals surface area (Å²) in [6.07, 6.45) is 6.32. The van der Waals surface area contributed by atoms with E-state index in [1.54, 1.807) is 7.11 Å². The molecule has 0 aliphatic carbocycles. The minimum atomic E-state index is -0.478. The van der Waals surface area contributed by atoms with Crippen LogP contribution in [0.1, 0.15) is 52.4 Å². The molecule has 4 nitrogen and oxygen atoms in total. The Morgan fingerprint density at radius 3 is 1.94 bits per heavy atom. The standard InChI is InChI=1S/C14H30N2O2/c1-4-6-8-10-16(11-9-7-5-2)14(17)13(12-15)18-3/h13H,4-12,15H2,1-3H3. The second-order valence-corrected chi connectivity index (χ2v) is 4.70. The van der Waals surface area contributed by atoms with Crippen molar-refractivity contribution in [1.82, 2.24) is 4.90 Å². The number of hydrogen-bond donors (Lipinski definition) is 1. The summed E-state index contributed by atoms with van der Waals surface area (Å²) in [6.45, 7) is 6.25. The van der Waals surface area contributed by atoms with E-state index in [0.29, 0.717) is 0 Å². The Morgan fingerprint density at radius 2 is 1.61 bits per heavy atom. The number of rotatable bonds is 11. The lowest BCUT2D eigenvalue weighted by Crippen LogP contribution is -2.44. The predicted molar refractivity (Wildman–Crippen MR) is 75.5 cm³/mol. The Hall–Kier alpha value is -0.610. The Kier molecular flexibility index (Phi) is 11.1. The normalized spacial score (nSPS) is 12.4. The molecule has 1 amide bonds. The maximum atomic E-state index is 12.2. The number of amides is 1. The highest BCUT2D eigenvalue weighted by atomic mass is 16.5. The molecule has 0 fully saturated rings. The smallest absolute Gasteiger partial charge is 0.253 e. The lowest BCUT2D eigenvalue weighted by Gasteiger charge is -2.26. The summed E-state index contributed by atoms with van der Waals surface area (Å²) in [5.74, 6) is 0.0483. The third-order valence-electron chi connectivity index (χ3n) is 3.15. The molecule has 0 saturated carbocycles. The Bertz CT molecular complexity index is 196. The van der Waals surface area contributed by atoms with Gasteiger partial charge in [-0.2, -0.15) is 0 Å². The molecule has 0 saturated heterocycles. The van der Waals surface area contributed by atoms with Gasteiger partial charge >= 0.3 is 0 Å². The number of nitrogens with two attached hydrogens (primary N) is 1. The van der Waals surface area contributed by atoms with Gasteiger partial charge in [-0.25, -0.2) is 0 Å². The van der Waals surface area contributed by atoms with Crippen molar-refractivity contribution >= 4 is 5.91 Å². The second-order valence-electron chi connectivity index (χ2n) is 4.70. The minimum absolute atomic E-state index is 0.0483. The third-order valence-corrected chi connectivity index (χ3v) is 3.15. The summed E-state index contributed by atoms with van der Waals surface area (Å²) >= 11 is 0. The maximum Gasteiger partial charge on any atom is 0.253 e. The lowest BCUT2D eigenvalue weighted by molar-refractivity contribution is -0.141. The van der Waals surface area contributed by atoms with Gasteiger partial charge < -0.3 is 15.4 Å². The molecule has 0 radical (unpaired) electrons. The maximum absolute atomic E-state index is 12.2. The molecule has 4 heteroatoms. The van der Waals surface area contributed by atoms with Gasteiger partial charge in [0.15, 0.2) is 0 Å². The highest BCUT2D eigenvalue weighted by molar-refractivity contribution is 5.81. The average Bonchev–Trinajstić information content (AvgIpc) is 2.38. The number of carbonyl (C=O) groups is 1. The molecule has 1 unspecified atom stereocenters. The van der Waals surface area contributed by atoms with Crippen LogP contribution in [-0.2, 0) is 9.53 Å². The average molecular weight is 258 g/mol. The van der Waals surface area contributed by atoms with Gasteiger partial charge in [-0.1, -0.05) is 39.5 Å². The van der Waals surface area contributed by atoms with Crippen molar-refractivity contribution in [1.29, 1.82) is 0 Å². The number of carbonyl (C=O) groups excluding carboxylic acids is 1. The van der Waals surface area contributed by atoms with Gasteiger partial charge in [0, 0.05) is 26.7 Å². The summed E-state index contributed by atoms with van der Waals surface area (Å²) in [5, 5.41) is 0. The van der Waals surface area contributed by atoms with E-state index in [9.17, 15) is 4.79 Å². The van der Waals surface area contributed by atoms with Crippen LogP contribution in [0.4, 0.5) is 0 Å². The summed E-state index contributed by atoms with van der Waals surface area (Å²) in [4.78, 5) is 14.1. The molecule has 0 aromatic carbocycles. The molecule has 18 heavy (non-hydrogen) atoms. The van der Waals surface area contributed by atoms with Gasteiger partial charge in [0.05, 0.1) is 0 Å². The van der Waals surface area contributed by atoms with Crippen LogP contribution in [0.2, 0.25) is 0 Å². The fourth-order valence-corrected chi connectivity index (χ4v) is 1.94. The molecule has 2 N–H and O–H groups in total. The second kappa shape index (κ2) is 11.5. The monoisotopic (exact) mass is 258 g/mol. The van der Waals surface area contributed by atoms with Crippen molar-refractivity contribution in [3.05, 3.63) is 0 Å². The van der Waals surface area contributed by atoms with Crippen LogP contribution in [0, 0.1) is 0 Å². The van der Waals surface area contributed by atoms with Crippen molar-refractivity contribution < 1.29 is 9.53 Å². The molecule has 1 atom stereocenters. The van der Waals surface area contributed by atoms with E-state index in [1.165, 1.54) is 12.8 Å². The van der Waals surface area contributed by atoms with Crippen molar-refractivity contribution in [3.63, 3.8) is 0 Å². The molecule has 0 bridgehead atoms. The van der Waals surface area contributed by atoms with Crippen LogP contribution >= 0.6 is 0 Å². The van der Waals surface area contributed by atoms with E-state index >= 15 is 0 Å². The highest BCUT2D eigenvalue weighted by Gasteiger charge is 2.22. The first-order chi connectivity index (χ1) is 8.71. The SMILES string of the molecule is CCCCCN(CCCCC)C(=O)C(CN)OC. The molecule has 0 spiro atoms. The van der Waals surface area contributed by atoms with Crippen molar-refractivity contribution in [3.8, 4) is 0 Å². The molecular weight excluding hydrogens is 228 g/mol. The number of methoxy groups -OCH3 is 1. The highest BCUT2D eigenvalue weighted by Crippen LogP contribution is 2.06. The van der Waals surface area contributed by atoms with Gasteiger partial charge in [-0.3, -0.25) is 4.79 Å². The van der Waals surface area contributed by atoms with Crippen molar-refractivity contribution in [2.75, 3.05) is 26.7 Å². The number of ether oxygens (including phenoxy) is 1. The van der Waals surface area contributed by atoms with E-state index in [-0.39, 0.29) is 12.5 Å². The quantitative estimate of drug-likeness (QED) is 0.578. The van der Waals surface area contributed by atoms with Gasteiger partial charge in [-0.05, 0) is 12.8 Å².